The third-order valence-corrected chi connectivity index (χ3v) is 7.22. The molecule has 0 atom stereocenters. The molecule has 2 aromatic carbocycles. The molecule has 1 saturated heterocycles. The Hall–Kier alpha value is -3.84. The zero-order valence-electron chi connectivity index (χ0n) is 18.8. The third kappa shape index (κ3) is 3.68. The lowest BCUT2D eigenvalue weighted by Gasteiger charge is -2.35. The minimum atomic E-state index is 0.0509. The summed E-state index contributed by atoms with van der Waals surface area (Å²) in [5, 5.41) is 4.01. The largest absolute Gasteiger partial charge is 0.352 e. The first-order valence-electron chi connectivity index (χ1n) is 11.4. The number of thiophene rings is 1. The number of carbonyl (C=O) groups is 1. The number of anilines is 1. The minimum absolute atomic E-state index is 0.0509. The van der Waals surface area contributed by atoms with Crippen LogP contribution >= 0.6 is 11.3 Å². The van der Waals surface area contributed by atoms with Crippen molar-refractivity contribution in [3.8, 4) is 11.3 Å². The van der Waals surface area contributed by atoms with Crippen LogP contribution in [0.1, 0.15) is 15.9 Å². The van der Waals surface area contributed by atoms with Gasteiger partial charge in [-0.05, 0) is 30.5 Å². The van der Waals surface area contributed by atoms with Crippen LogP contribution in [0, 0.1) is 6.92 Å². The number of amides is 1. The van der Waals surface area contributed by atoms with E-state index >= 15 is 0 Å². The van der Waals surface area contributed by atoms with Crippen LogP contribution in [0.25, 0.3) is 32.4 Å². The summed E-state index contributed by atoms with van der Waals surface area (Å²) in [6.45, 7) is 4.83. The number of aryl methyl sites for hydroxylation is 1. The highest BCUT2D eigenvalue weighted by atomic mass is 32.1. The lowest BCUT2D eigenvalue weighted by molar-refractivity contribution is 0.0748. The lowest BCUT2D eigenvalue weighted by atomic mass is 10.0. The average molecular weight is 466 g/mol. The Balaban J connectivity index is 1.30. The van der Waals surface area contributed by atoms with Crippen LogP contribution in [-0.2, 0) is 0 Å². The van der Waals surface area contributed by atoms with Gasteiger partial charge in [0.2, 0.25) is 0 Å². The molecule has 0 bridgehead atoms. The first-order chi connectivity index (χ1) is 16.7. The molecule has 0 radical (unpaired) electrons. The number of rotatable bonds is 3. The van der Waals surface area contributed by atoms with E-state index < -0.39 is 0 Å². The number of fused-ring (bicyclic) bond motifs is 2. The van der Waals surface area contributed by atoms with Gasteiger partial charge in [-0.15, -0.1) is 11.3 Å². The van der Waals surface area contributed by atoms with Crippen LogP contribution < -0.4 is 4.90 Å². The number of hydrogen-bond acceptors (Lipinski definition) is 6. The summed E-state index contributed by atoms with van der Waals surface area (Å²) in [7, 11) is 0. The van der Waals surface area contributed by atoms with Gasteiger partial charge in [-0.1, -0.05) is 48.0 Å². The molecule has 1 aliphatic heterocycles. The molecule has 168 valence electrons. The maximum atomic E-state index is 13.7. The highest BCUT2D eigenvalue weighted by molar-refractivity contribution is 7.16. The summed E-state index contributed by atoms with van der Waals surface area (Å²) < 4.78 is 0. The summed E-state index contributed by atoms with van der Waals surface area (Å²) in [6.07, 6.45) is 1.63. The number of carbonyl (C=O) groups excluding carboxylic acids is 1. The Morgan fingerprint density at radius 2 is 1.71 bits per heavy atom. The van der Waals surface area contributed by atoms with E-state index in [0.717, 1.165) is 51.3 Å². The van der Waals surface area contributed by atoms with Gasteiger partial charge in [0, 0.05) is 37.1 Å². The molecular formula is C27H23N5OS. The molecule has 34 heavy (non-hydrogen) atoms. The van der Waals surface area contributed by atoms with Crippen LogP contribution in [0.3, 0.4) is 0 Å². The Bertz CT molecular complexity index is 1500. The first kappa shape index (κ1) is 20.7. The summed E-state index contributed by atoms with van der Waals surface area (Å²) in [5.74, 6) is 1.00. The summed E-state index contributed by atoms with van der Waals surface area (Å²) in [6, 6.07) is 20.2. The molecular weight excluding hydrogens is 442 g/mol. The minimum Gasteiger partial charge on any atom is -0.352 e. The zero-order chi connectivity index (χ0) is 23.1. The van der Waals surface area contributed by atoms with Crippen molar-refractivity contribution in [2.75, 3.05) is 31.1 Å². The van der Waals surface area contributed by atoms with Crippen molar-refractivity contribution in [2.45, 2.75) is 6.92 Å². The molecule has 0 aliphatic carbocycles. The second-order valence-electron chi connectivity index (χ2n) is 8.55. The van der Waals surface area contributed by atoms with Crippen LogP contribution in [0.15, 0.2) is 72.4 Å². The van der Waals surface area contributed by atoms with Crippen molar-refractivity contribution in [1.29, 1.82) is 0 Å². The van der Waals surface area contributed by atoms with E-state index in [1.54, 1.807) is 17.7 Å². The molecule has 1 amide bonds. The molecule has 0 spiro atoms. The maximum Gasteiger partial charge on any atom is 0.254 e. The van der Waals surface area contributed by atoms with E-state index in [9.17, 15) is 4.79 Å². The van der Waals surface area contributed by atoms with Crippen LogP contribution in [0.4, 0.5) is 5.82 Å². The molecule has 0 N–H and O–H groups in total. The van der Waals surface area contributed by atoms with Gasteiger partial charge in [-0.3, -0.25) is 4.79 Å². The maximum absolute atomic E-state index is 13.7. The second kappa shape index (κ2) is 8.50. The fourth-order valence-electron chi connectivity index (χ4n) is 4.55. The van der Waals surface area contributed by atoms with E-state index in [1.807, 2.05) is 40.6 Å². The Morgan fingerprint density at radius 1 is 0.912 bits per heavy atom. The van der Waals surface area contributed by atoms with Crippen molar-refractivity contribution in [2.24, 2.45) is 0 Å². The molecule has 1 fully saturated rings. The molecule has 6 rings (SSSR count). The Labute approximate surface area is 201 Å². The van der Waals surface area contributed by atoms with Gasteiger partial charge in [-0.25, -0.2) is 15.0 Å². The quantitative estimate of drug-likeness (QED) is 0.368. The second-order valence-corrected chi connectivity index (χ2v) is 9.45. The highest BCUT2D eigenvalue weighted by Crippen LogP contribution is 2.29. The van der Waals surface area contributed by atoms with Crippen molar-refractivity contribution in [1.82, 2.24) is 19.9 Å². The SMILES string of the molecule is Cc1ccc(-c2cc(C(=O)N3CCN(c4ncnc5sccc45)CC3)c3ccccc3n2)cc1. The van der Waals surface area contributed by atoms with Gasteiger partial charge < -0.3 is 9.80 Å². The standard InChI is InChI=1S/C27H23N5OS/c1-18-6-8-19(9-7-18)24-16-22(20-4-2-3-5-23(20)30-24)27(33)32-13-11-31(12-14-32)25-21-10-15-34-26(21)29-17-28-25/h2-10,15-17H,11-14H2,1H3. The van der Waals surface area contributed by atoms with E-state index in [2.05, 4.69) is 52.1 Å². The van der Waals surface area contributed by atoms with Crippen LogP contribution in [0.2, 0.25) is 0 Å². The number of nitrogens with zero attached hydrogens (tertiary/aromatic N) is 5. The molecule has 3 aromatic heterocycles. The van der Waals surface area contributed by atoms with Crippen LogP contribution in [0.5, 0.6) is 0 Å². The monoisotopic (exact) mass is 465 g/mol. The number of hydrogen-bond donors (Lipinski definition) is 0. The molecule has 7 heteroatoms. The number of pyridine rings is 1. The topological polar surface area (TPSA) is 62.2 Å². The normalized spacial score (nSPS) is 14.1. The molecule has 0 saturated carbocycles. The molecule has 4 heterocycles. The predicted molar refractivity (Wildman–Crippen MR) is 137 cm³/mol. The smallest absolute Gasteiger partial charge is 0.254 e. The van der Waals surface area contributed by atoms with E-state index in [1.165, 1.54) is 5.56 Å². The van der Waals surface area contributed by atoms with Gasteiger partial charge in [0.25, 0.3) is 5.91 Å². The first-order valence-corrected chi connectivity index (χ1v) is 12.2. The number of aromatic nitrogens is 3. The highest BCUT2D eigenvalue weighted by Gasteiger charge is 2.26. The number of piperazine rings is 1. The van der Waals surface area contributed by atoms with Crippen molar-refractivity contribution in [3.05, 3.63) is 83.5 Å². The average Bonchev–Trinajstić information content (AvgIpc) is 3.37. The van der Waals surface area contributed by atoms with E-state index in [-0.39, 0.29) is 5.91 Å². The summed E-state index contributed by atoms with van der Waals surface area (Å²) in [4.78, 5) is 32.7. The molecule has 1 aliphatic rings. The third-order valence-electron chi connectivity index (χ3n) is 6.40. The molecule has 0 unspecified atom stereocenters. The Kier molecular flexibility index (Phi) is 5.19. The zero-order valence-corrected chi connectivity index (χ0v) is 19.6. The lowest BCUT2D eigenvalue weighted by Crippen LogP contribution is -2.49. The Morgan fingerprint density at radius 3 is 2.53 bits per heavy atom. The summed E-state index contributed by atoms with van der Waals surface area (Å²) in [5.41, 5.74) is 4.57. The number of benzene rings is 2. The van der Waals surface area contributed by atoms with Crippen molar-refractivity contribution < 1.29 is 4.79 Å². The molecule has 5 aromatic rings. The van der Waals surface area contributed by atoms with Gasteiger partial charge in [-0.2, -0.15) is 0 Å². The molecule has 6 nitrogen and oxygen atoms in total. The van der Waals surface area contributed by atoms with Gasteiger partial charge in [0.15, 0.2) is 0 Å². The van der Waals surface area contributed by atoms with Gasteiger partial charge in [0.1, 0.15) is 17.0 Å². The summed E-state index contributed by atoms with van der Waals surface area (Å²) >= 11 is 1.62. The van der Waals surface area contributed by atoms with Crippen molar-refractivity contribution >= 4 is 44.2 Å². The fourth-order valence-corrected chi connectivity index (χ4v) is 5.27. The van der Waals surface area contributed by atoms with Gasteiger partial charge >= 0.3 is 0 Å². The van der Waals surface area contributed by atoms with Crippen molar-refractivity contribution in [3.63, 3.8) is 0 Å². The number of para-hydroxylation sites is 1. The van der Waals surface area contributed by atoms with E-state index in [4.69, 9.17) is 4.98 Å². The van der Waals surface area contributed by atoms with Gasteiger partial charge in [0.05, 0.1) is 22.2 Å². The van der Waals surface area contributed by atoms with E-state index in [0.29, 0.717) is 18.7 Å². The fraction of sp³-hybridized carbons (Fsp3) is 0.185. The predicted octanol–water partition coefficient (Wildman–Crippen LogP) is 5.18. The van der Waals surface area contributed by atoms with Crippen LogP contribution in [-0.4, -0.2) is 51.9 Å².